The highest BCUT2D eigenvalue weighted by molar-refractivity contribution is 9.10. The van der Waals surface area contributed by atoms with Crippen LogP contribution in [0.1, 0.15) is 25.8 Å². The van der Waals surface area contributed by atoms with E-state index >= 15 is 0 Å². The summed E-state index contributed by atoms with van der Waals surface area (Å²) in [6, 6.07) is 3.16. The molecule has 1 unspecified atom stereocenters. The molecule has 0 heterocycles. The van der Waals surface area contributed by atoms with Crippen LogP contribution in [0.4, 0.5) is 18.9 Å². The molecular weight excluding hydrogens is 311 g/mol. The highest BCUT2D eigenvalue weighted by Gasteiger charge is 2.31. The van der Waals surface area contributed by atoms with Crippen LogP contribution in [-0.2, 0) is 11.0 Å². The fraction of sp³-hybridized carbons (Fsp3) is 0.417. The fourth-order valence-corrected chi connectivity index (χ4v) is 1.58. The van der Waals surface area contributed by atoms with Crippen molar-refractivity contribution in [2.24, 2.45) is 5.92 Å². The second-order valence-corrected chi connectivity index (χ2v) is 4.85. The number of amides is 1. The summed E-state index contributed by atoms with van der Waals surface area (Å²) in [5, 5.41) is 2.49. The van der Waals surface area contributed by atoms with Gasteiger partial charge in [-0.25, -0.2) is 0 Å². The van der Waals surface area contributed by atoms with Gasteiger partial charge < -0.3 is 5.32 Å². The van der Waals surface area contributed by atoms with Crippen molar-refractivity contribution < 1.29 is 18.0 Å². The average molecular weight is 324 g/mol. The van der Waals surface area contributed by atoms with E-state index in [1.165, 1.54) is 6.07 Å². The SMILES string of the molecule is CCC(C)C(=O)Nc1cc(C(F)(F)F)ccc1Br. The monoisotopic (exact) mass is 323 g/mol. The molecule has 100 valence electrons. The standard InChI is InChI=1S/C12H13BrF3NO/c1-3-7(2)11(18)17-10-6-8(12(14,15)16)4-5-9(10)13/h4-7H,3H2,1-2H3,(H,17,18). The van der Waals surface area contributed by atoms with E-state index in [2.05, 4.69) is 21.2 Å². The van der Waals surface area contributed by atoms with E-state index in [0.29, 0.717) is 10.9 Å². The molecule has 0 aliphatic carbocycles. The minimum Gasteiger partial charge on any atom is -0.325 e. The third-order valence-electron chi connectivity index (χ3n) is 2.61. The predicted octanol–water partition coefficient (Wildman–Crippen LogP) is 4.45. The Bertz CT molecular complexity index is 445. The highest BCUT2D eigenvalue weighted by atomic mass is 79.9. The Hall–Kier alpha value is -1.04. The van der Waals surface area contributed by atoms with Crippen LogP contribution >= 0.6 is 15.9 Å². The third-order valence-corrected chi connectivity index (χ3v) is 3.30. The van der Waals surface area contributed by atoms with E-state index in [1.54, 1.807) is 6.92 Å². The predicted molar refractivity (Wildman–Crippen MR) is 67.2 cm³/mol. The first-order valence-corrected chi connectivity index (χ1v) is 6.22. The highest BCUT2D eigenvalue weighted by Crippen LogP contribution is 2.34. The van der Waals surface area contributed by atoms with Crippen LogP contribution in [0.5, 0.6) is 0 Å². The number of carbonyl (C=O) groups excluding carboxylic acids is 1. The first-order chi connectivity index (χ1) is 8.25. The second kappa shape index (κ2) is 5.73. The molecule has 1 aromatic carbocycles. The normalized spacial score (nSPS) is 13.2. The molecule has 0 saturated carbocycles. The van der Waals surface area contributed by atoms with Crippen LogP contribution in [0.2, 0.25) is 0 Å². The van der Waals surface area contributed by atoms with Crippen molar-refractivity contribution in [3.05, 3.63) is 28.2 Å². The molecule has 6 heteroatoms. The second-order valence-electron chi connectivity index (χ2n) is 3.99. The summed E-state index contributed by atoms with van der Waals surface area (Å²) >= 11 is 3.11. The van der Waals surface area contributed by atoms with Crippen LogP contribution in [0, 0.1) is 5.92 Å². The fourth-order valence-electron chi connectivity index (χ4n) is 1.24. The zero-order valence-corrected chi connectivity index (χ0v) is 11.5. The van der Waals surface area contributed by atoms with E-state index in [1.807, 2.05) is 6.92 Å². The van der Waals surface area contributed by atoms with Gasteiger partial charge in [-0.1, -0.05) is 13.8 Å². The molecule has 1 amide bonds. The van der Waals surface area contributed by atoms with E-state index in [-0.39, 0.29) is 17.5 Å². The average Bonchev–Trinajstić information content (AvgIpc) is 2.29. The number of rotatable bonds is 3. The van der Waals surface area contributed by atoms with Gasteiger partial charge in [-0.15, -0.1) is 0 Å². The Morgan fingerprint density at radius 3 is 2.56 bits per heavy atom. The smallest absolute Gasteiger partial charge is 0.325 e. The van der Waals surface area contributed by atoms with Crippen molar-refractivity contribution in [2.45, 2.75) is 26.4 Å². The Labute approximate surface area is 112 Å². The molecule has 0 fully saturated rings. The lowest BCUT2D eigenvalue weighted by atomic mass is 10.1. The van der Waals surface area contributed by atoms with Gasteiger partial charge in [0.25, 0.3) is 0 Å². The van der Waals surface area contributed by atoms with Gasteiger partial charge in [0.05, 0.1) is 11.3 Å². The number of carbonyl (C=O) groups is 1. The first-order valence-electron chi connectivity index (χ1n) is 5.43. The molecule has 1 N–H and O–H groups in total. The lowest BCUT2D eigenvalue weighted by Gasteiger charge is -2.14. The number of benzene rings is 1. The van der Waals surface area contributed by atoms with Crippen molar-refractivity contribution in [2.75, 3.05) is 5.32 Å². The van der Waals surface area contributed by atoms with Crippen molar-refractivity contribution in [1.29, 1.82) is 0 Å². The molecule has 0 aliphatic rings. The summed E-state index contributed by atoms with van der Waals surface area (Å²) in [7, 11) is 0. The summed E-state index contributed by atoms with van der Waals surface area (Å²) < 4.78 is 38.0. The van der Waals surface area contributed by atoms with Crippen LogP contribution in [0.15, 0.2) is 22.7 Å². The Kier molecular flexibility index (Phi) is 4.78. The number of halogens is 4. The minimum atomic E-state index is -4.42. The Morgan fingerprint density at radius 2 is 2.06 bits per heavy atom. The molecule has 18 heavy (non-hydrogen) atoms. The van der Waals surface area contributed by atoms with E-state index in [4.69, 9.17) is 0 Å². The summed E-state index contributed by atoms with van der Waals surface area (Å²) in [5.74, 6) is -0.538. The molecule has 0 aliphatic heterocycles. The Balaban J connectivity index is 2.99. The van der Waals surface area contributed by atoms with Crippen LogP contribution in [0.25, 0.3) is 0 Å². The topological polar surface area (TPSA) is 29.1 Å². The van der Waals surface area contributed by atoms with Crippen molar-refractivity contribution in [3.63, 3.8) is 0 Å². The summed E-state index contributed by atoms with van der Waals surface area (Å²) in [4.78, 5) is 11.6. The molecule has 1 atom stereocenters. The van der Waals surface area contributed by atoms with Crippen LogP contribution in [0.3, 0.4) is 0 Å². The van der Waals surface area contributed by atoms with E-state index in [9.17, 15) is 18.0 Å². The van der Waals surface area contributed by atoms with Gasteiger partial charge in [0.2, 0.25) is 5.91 Å². The van der Waals surface area contributed by atoms with E-state index in [0.717, 1.165) is 12.1 Å². The molecule has 0 radical (unpaired) electrons. The summed E-state index contributed by atoms with van der Waals surface area (Å²) in [6.07, 6.45) is -3.79. The molecule has 0 bridgehead atoms. The maximum Gasteiger partial charge on any atom is 0.416 e. The molecule has 0 spiro atoms. The number of nitrogens with one attached hydrogen (secondary N) is 1. The minimum absolute atomic E-state index is 0.134. The van der Waals surface area contributed by atoms with Gasteiger partial charge in [0.15, 0.2) is 0 Å². The molecule has 1 aromatic rings. The quantitative estimate of drug-likeness (QED) is 0.874. The molecule has 0 aromatic heterocycles. The Morgan fingerprint density at radius 1 is 1.44 bits per heavy atom. The molecular formula is C12H13BrF3NO. The van der Waals surface area contributed by atoms with Crippen LogP contribution < -0.4 is 5.32 Å². The lowest BCUT2D eigenvalue weighted by Crippen LogP contribution is -2.20. The number of hydrogen-bond donors (Lipinski definition) is 1. The maximum atomic E-state index is 12.5. The van der Waals surface area contributed by atoms with Crippen LogP contribution in [-0.4, -0.2) is 5.91 Å². The maximum absolute atomic E-state index is 12.5. The van der Waals surface area contributed by atoms with Gasteiger partial charge in [0, 0.05) is 10.4 Å². The number of anilines is 1. The van der Waals surface area contributed by atoms with Gasteiger partial charge in [-0.05, 0) is 40.5 Å². The third kappa shape index (κ3) is 3.73. The van der Waals surface area contributed by atoms with Crippen molar-refractivity contribution in [1.82, 2.24) is 0 Å². The zero-order chi connectivity index (χ0) is 13.9. The van der Waals surface area contributed by atoms with Crippen molar-refractivity contribution in [3.8, 4) is 0 Å². The largest absolute Gasteiger partial charge is 0.416 e. The zero-order valence-electron chi connectivity index (χ0n) is 9.94. The molecule has 2 nitrogen and oxygen atoms in total. The summed E-state index contributed by atoms with van der Waals surface area (Å²) in [6.45, 7) is 3.56. The molecule has 0 saturated heterocycles. The molecule has 1 rings (SSSR count). The lowest BCUT2D eigenvalue weighted by molar-refractivity contribution is -0.137. The summed E-state index contributed by atoms with van der Waals surface area (Å²) in [5.41, 5.74) is -0.653. The first kappa shape index (κ1) is 15.0. The number of hydrogen-bond acceptors (Lipinski definition) is 1. The van der Waals surface area contributed by atoms with Gasteiger partial charge in [-0.2, -0.15) is 13.2 Å². The van der Waals surface area contributed by atoms with Gasteiger partial charge >= 0.3 is 6.18 Å². The van der Waals surface area contributed by atoms with E-state index < -0.39 is 11.7 Å². The van der Waals surface area contributed by atoms with Crippen molar-refractivity contribution >= 4 is 27.5 Å². The number of alkyl halides is 3. The van der Waals surface area contributed by atoms with Gasteiger partial charge in [0.1, 0.15) is 0 Å². The van der Waals surface area contributed by atoms with Gasteiger partial charge in [-0.3, -0.25) is 4.79 Å².